The number of carboxylic acid groups (broad SMARTS) is 2. The second-order valence-electron chi connectivity index (χ2n) is 2.92. The lowest BCUT2D eigenvalue weighted by Gasteiger charge is -1.99. The summed E-state index contributed by atoms with van der Waals surface area (Å²) in [7, 11) is 0. The van der Waals surface area contributed by atoms with Gasteiger partial charge in [0.25, 0.3) is 0 Å². The highest BCUT2D eigenvalue weighted by Gasteiger charge is 2.21. The van der Waals surface area contributed by atoms with Gasteiger partial charge in [0.1, 0.15) is 0 Å². The van der Waals surface area contributed by atoms with E-state index in [1.54, 1.807) is 24.3 Å². The Morgan fingerprint density at radius 2 is 1.60 bits per heavy atom. The van der Waals surface area contributed by atoms with Crippen LogP contribution >= 0.6 is 0 Å². The first-order chi connectivity index (χ1) is 7.11. The molecule has 4 heteroatoms. The molecule has 0 amide bonds. The maximum atomic E-state index is 10.5. The van der Waals surface area contributed by atoms with Gasteiger partial charge in [-0.15, -0.1) is 0 Å². The third-order valence-corrected chi connectivity index (χ3v) is 1.81. The summed E-state index contributed by atoms with van der Waals surface area (Å²) in [4.78, 5) is 21.1. The molecule has 1 aromatic carbocycles. The summed E-state index contributed by atoms with van der Waals surface area (Å²) in [6.07, 6.45) is 2.63. The Morgan fingerprint density at radius 3 is 2.07 bits per heavy atom. The molecule has 2 N–H and O–H groups in total. The lowest BCUT2D eigenvalue weighted by Crippen LogP contribution is -2.20. The standard InChI is InChI=1S/C11H10O4/c12-10(13)9(11(14)15)7-6-8-4-2-1-3-5-8/h1-7,9H,(H,12,13)(H,14,15). The Morgan fingerprint density at radius 1 is 1.07 bits per heavy atom. The van der Waals surface area contributed by atoms with Gasteiger partial charge >= 0.3 is 11.9 Å². The maximum absolute atomic E-state index is 10.5. The Hall–Kier alpha value is -2.10. The van der Waals surface area contributed by atoms with Gasteiger partial charge < -0.3 is 10.2 Å². The first kappa shape index (κ1) is 11.0. The van der Waals surface area contributed by atoms with Crippen molar-refractivity contribution in [2.24, 2.45) is 5.92 Å². The molecule has 1 aromatic rings. The van der Waals surface area contributed by atoms with Crippen LogP contribution in [0.5, 0.6) is 0 Å². The lowest BCUT2D eigenvalue weighted by molar-refractivity contribution is -0.151. The van der Waals surface area contributed by atoms with Crippen LogP contribution in [0.4, 0.5) is 0 Å². The first-order valence-corrected chi connectivity index (χ1v) is 4.30. The Bertz CT molecular complexity index is 367. The minimum atomic E-state index is -1.50. The van der Waals surface area contributed by atoms with Gasteiger partial charge in [0.2, 0.25) is 0 Å². The van der Waals surface area contributed by atoms with Crippen LogP contribution in [0.25, 0.3) is 6.08 Å². The summed E-state index contributed by atoms with van der Waals surface area (Å²) < 4.78 is 0. The van der Waals surface area contributed by atoms with Crippen molar-refractivity contribution in [1.82, 2.24) is 0 Å². The molecule has 4 nitrogen and oxygen atoms in total. The van der Waals surface area contributed by atoms with Crippen LogP contribution in [-0.2, 0) is 9.59 Å². The van der Waals surface area contributed by atoms with Gasteiger partial charge in [-0.05, 0) is 5.56 Å². The van der Waals surface area contributed by atoms with E-state index in [1.807, 2.05) is 6.07 Å². The van der Waals surface area contributed by atoms with Crippen LogP contribution in [0.2, 0.25) is 0 Å². The molecule has 0 spiro atoms. The van der Waals surface area contributed by atoms with Crippen LogP contribution in [-0.4, -0.2) is 22.2 Å². The summed E-state index contributed by atoms with van der Waals surface area (Å²) in [6, 6.07) is 8.92. The van der Waals surface area contributed by atoms with Gasteiger partial charge in [-0.25, -0.2) is 0 Å². The number of benzene rings is 1. The molecule has 0 heterocycles. The first-order valence-electron chi connectivity index (χ1n) is 4.30. The summed E-state index contributed by atoms with van der Waals surface area (Å²) in [5.41, 5.74) is 0.769. The predicted octanol–water partition coefficient (Wildman–Crippen LogP) is 1.49. The smallest absolute Gasteiger partial charge is 0.321 e. The summed E-state index contributed by atoms with van der Waals surface area (Å²) in [5.74, 6) is -4.23. The van der Waals surface area contributed by atoms with Crippen LogP contribution in [0, 0.1) is 5.92 Å². The van der Waals surface area contributed by atoms with Crippen molar-refractivity contribution in [3.63, 3.8) is 0 Å². The number of carboxylic acids is 2. The SMILES string of the molecule is O=C(O)C(C=Cc1ccccc1)C(=O)O. The normalized spacial score (nSPS) is 10.7. The van der Waals surface area contributed by atoms with E-state index in [-0.39, 0.29) is 0 Å². The molecule has 0 aliphatic heterocycles. The van der Waals surface area contributed by atoms with Crippen molar-refractivity contribution in [2.75, 3.05) is 0 Å². The van der Waals surface area contributed by atoms with E-state index in [1.165, 1.54) is 6.08 Å². The molecule has 0 radical (unpaired) electrons. The third kappa shape index (κ3) is 3.27. The minimum Gasteiger partial charge on any atom is -0.480 e. The maximum Gasteiger partial charge on any atom is 0.321 e. The molecule has 15 heavy (non-hydrogen) atoms. The van der Waals surface area contributed by atoms with Gasteiger partial charge in [0, 0.05) is 0 Å². The molecular weight excluding hydrogens is 196 g/mol. The number of hydrogen-bond acceptors (Lipinski definition) is 2. The topological polar surface area (TPSA) is 74.6 Å². The molecule has 1 rings (SSSR count). The van der Waals surface area contributed by atoms with Crippen LogP contribution < -0.4 is 0 Å². The highest BCUT2D eigenvalue weighted by molar-refractivity contribution is 5.95. The number of aliphatic carboxylic acids is 2. The molecule has 0 unspecified atom stereocenters. The van der Waals surface area contributed by atoms with Crippen LogP contribution in [0.3, 0.4) is 0 Å². The summed E-state index contributed by atoms with van der Waals surface area (Å²) >= 11 is 0. The molecule has 0 aliphatic carbocycles. The summed E-state index contributed by atoms with van der Waals surface area (Å²) in [5, 5.41) is 17.2. The minimum absolute atomic E-state index is 0.769. The summed E-state index contributed by atoms with van der Waals surface area (Å²) in [6.45, 7) is 0. The van der Waals surface area contributed by atoms with Crippen molar-refractivity contribution in [3.8, 4) is 0 Å². The van der Waals surface area contributed by atoms with E-state index >= 15 is 0 Å². The molecule has 0 bridgehead atoms. The molecule has 0 aliphatic rings. The Labute approximate surface area is 86.5 Å². The molecule has 78 valence electrons. The van der Waals surface area contributed by atoms with E-state index in [4.69, 9.17) is 10.2 Å². The van der Waals surface area contributed by atoms with Crippen LogP contribution in [0.15, 0.2) is 36.4 Å². The molecule has 0 atom stereocenters. The quantitative estimate of drug-likeness (QED) is 0.732. The second kappa shape index (κ2) is 4.95. The van der Waals surface area contributed by atoms with Gasteiger partial charge in [-0.2, -0.15) is 0 Å². The molecule has 0 fully saturated rings. The monoisotopic (exact) mass is 206 g/mol. The molecular formula is C11H10O4. The molecule has 0 aromatic heterocycles. The number of rotatable bonds is 4. The van der Waals surface area contributed by atoms with Crippen LogP contribution in [0.1, 0.15) is 5.56 Å². The zero-order chi connectivity index (χ0) is 11.3. The Balaban J connectivity index is 2.79. The third-order valence-electron chi connectivity index (χ3n) is 1.81. The lowest BCUT2D eigenvalue weighted by atomic mass is 10.1. The predicted molar refractivity (Wildman–Crippen MR) is 54.2 cm³/mol. The number of carbonyl (C=O) groups is 2. The van der Waals surface area contributed by atoms with Gasteiger partial charge in [-0.3, -0.25) is 9.59 Å². The van der Waals surface area contributed by atoms with Crippen molar-refractivity contribution in [3.05, 3.63) is 42.0 Å². The van der Waals surface area contributed by atoms with E-state index in [0.717, 1.165) is 11.6 Å². The largest absolute Gasteiger partial charge is 0.480 e. The van der Waals surface area contributed by atoms with E-state index in [2.05, 4.69) is 0 Å². The van der Waals surface area contributed by atoms with Crippen molar-refractivity contribution < 1.29 is 19.8 Å². The van der Waals surface area contributed by atoms with Crippen molar-refractivity contribution in [1.29, 1.82) is 0 Å². The average molecular weight is 206 g/mol. The fourth-order valence-electron chi connectivity index (χ4n) is 1.04. The zero-order valence-corrected chi connectivity index (χ0v) is 7.83. The second-order valence-corrected chi connectivity index (χ2v) is 2.92. The number of hydrogen-bond donors (Lipinski definition) is 2. The highest BCUT2D eigenvalue weighted by atomic mass is 16.4. The van der Waals surface area contributed by atoms with E-state index in [0.29, 0.717) is 0 Å². The molecule has 0 saturated heterocycles. The zero-order valence-electron chi connectivity index (χ0n) is 7.83. The van der Waals surface area contributed by atoms with E-state index < -0.39 is 17.9 Å². The van der Waals surface area contributed by atoms with Gasteiger partial charge in [0.05, 0.1) is 0 Å². The van der Waals surface area contributed by atoms with Crippen molar-refractivity contribution >= 4 is 18.0 Å². The Kier molecular flexibility index (Phi) is 3.62. The molecule has 0 saturated carbocycles. The average Bonchev–Trinajstić information content (AvgIpc) is 2.18. The van der Waals surface area contributed by atoms with E-state index in [9.17, 15) is 9.59 Å². The highest BCUT2D eigenvalue weighted by Crippen LogP contribution is 2.06. The van der Waals surface area contributed by atoms with Gasteiger partial charge in [0.15, 0.2) is 5.92 Å². The fourth-order valence-corrected chi connectivity index (χ4v) is 1.04. The van der Waals surface area contributed by atoms with Crippen molar-refractivity contribution in [2.45, 2.75) is 0 Å². The van der Waals surface area contributed by atoms with Gasteiger partial charge in [-0.1, -0.05) is 42.5 Å². The fraction of sp³-hybridized carbons (Fsp3) is 0.0909.